The molecule has 0 aromatic heterocycles. The minimum absolute atomic E-state index is 0.0811. The lowest BCUT2D eigenvalue weighted by molar-refractivity contribution is -0.160. The van der Waals surface area contributed by atoms with Gasteiger partial charge < -0.3 is 52.1 Å². The molecule has 0 aliphatic rings. The van der Waals surface area contributed by atoms with Crippen LogP contribution in [0.4, 0.5) is 0 Å². The number of hydrogen-bond acceptors (Lipinski definition) is 12. The largest absolute Gasteiger partial charge is 0.491 e. The van der Waals surface area contributed by atoms with Gasteiger partial charge in [0, 0.05) is 0 Å². The second-order valence-electron chi connectivity index (χ2n) is 9.70. The summed E-state index contributed by atoms with van der Waals surface area (Å²) in [6.07, 6.45) is 0. The van der Waals surface area contributed by atoms with Crippen LogP contribution in [-0.4, -0.2) is 137 Å². The summed E-state index contributed by atoms with van der Waals surface area (Å²) in [6, 6.07) is 9.65. The Morgan fingerprint density at radius 1 is 0.476 bits per heavy atom. The summed E-state index contributed by atoms with van der Waals surface area (Å²) in [6.45, 7) is 14.0. The van der Waals surface area contributed by atoms with E-state index < -0.39 is 5.60 Å². The molecule has 0 fully saturated rings. The van der Waals surface area contributed by atoms with Crippen LogP contribution in [0.3, 0.4) is 0 Å². The summed E-state index contributed by atoms with van der Waals surface area (Å²) in [4.78, 5) is 11.5. The van der Waals surface area contributed by atoms with Gasteiger partial charge in [0.25, 0.3) is 0 Å². The number of carbonyl (C=O) groups is 1. The van der Waals surface area contributed by atoms with E-state index in [2.05, 4.69) is 0 Å². The third-order valence-electron chi connectivity index (χ3n) is 4.86. The minimum atomic E-state index is -0.508. The zero-order valence-electron chi connectivity index (χ0n) is 25.7. The van der Waals surface area contributed by atoms with Crippen LogP contribution in [0.2, 0.25) is 0 Å². The van der Waals surface area contributed by atoms with Gasteiger partial charge in [-0.25, -0.2) is 4.79 Å². The number of rotatable bonds is 30. The van der Waals surface area contributed by atoms with Crippen LogP contribution in [0.5, 0.6) is 5.75 Å². The average molecular weight is 605 g/mol. The molecule has 1 aromatic carbocycles. The van der Waals surface area contributed by atoms with Gasteiger partial charge in [0.1, 0.15) is 24.6 Å². The van der Waals surface area contributed by atoms with E-state index in [1.54, 1.807) is 0 Å². The fraction of sp³-hybridized carbons (Fsp3) is 0.767. The smallest absolute Gasteiger partial charge is 0.332 e. The van der Waals surface area contributed by atoms with Crippen molar-refractivity contribution in [2.24, 2.45) is 0 Å². The predicted octanol–water partition coefficient (Wildman–Crippen LogP) is 2.56. The van der Waals surface area contributed by atoms with E-state index in [1.165, 1.54) is 0 Å². The van der Waals surface area contributed by atoms with Gasteiger partial charge in [-0.1, -0.05) is 18.2 Å². The molecule has 0 heterocycles. The van der Waals surface area contributed by atoms with Crippen LogP contribution in [0.25, 0.3) is 0 Å². The van der Waals surface area contributed by atoms with Crippen molar-refractivity contribution in [3.63, 3.8) is 0 Å². The molecule has 244 valence electrons. The average Bonchev–Trinajstić information content (AvgIpc) is 2.96. The highest BCUT2D eigenvalue weighted by atomic mass is 16.6. The van der Waals surface area contributed by atoms with Gasteiger partial charge in [0.15, 0.2) is 0 Å². The summed E-state index contributed by atoms with van der Waals surface area (Å²) < 4.78 is 59.5. The third kappa shape index (κ3) is 28.3. The zero-order chi connectivity index (χ0) is 30.4. The Hall–Kier alpha value is -1.87. The highest BCUT2D eigenvalue weighted by molar-refractivity contribution is 5.71. The summed E-state index contributed by atoms with van der Waals surface area (Å²) in [5.74, 6) is 0.455. The van der Waals surface area contributed by atoms with Crippen molar-refractivity contribution in [3.05, 3.63) is 30.3 Å². The van der Waals surface area contributed by atoms with Crippen LogP contribution in [-0.2, 0) is 52.2 Å². The van der Waals surface area contributed by atoms with Gasteiger partial charge in [-0.15, -0.1) is 0 Å². The van der Waals surface area contributed by atoms with Crippen LogP contribution >= 0.6 is 0 Å². The van der Waals surface area contributed by atoms with Gasteiger partial charge in [-0.3, -0.25) is 0 Å². The maximum absolute atomic E-state index is 11.5. The molecule has 12 nitrogen and oxygen atoms in total. The number of hydrogen-bond donors (Lipinski definition) is 0. The highest BCUT2D eigenvalue weighted by Crippen LogP contribution is 2.08. The van der Waals surface area contributed by atoms with Gasteiger partial charge >= 0.3 is 5.97 Å². The normalized spacial score (nSPS) is 11.6. The molecule has 0 saturated heterocycles. The number of esters is 1. The lowest BCUT2D eigenvalue weighted by Crippen LogP contribution is -2.27. The number of benzene rings is 1. The minimum Gasteiger partial charge on any atom is -0.491 e. The van der Waals surface area contributed by atoms with E-state index in [0.29, 0.717) is 119 Å². The van der Waals surface area contributed by atoms with Crippen molar-refractivity contribution in [3.8, 4) is 5.75 Å². The molecule has 12 heteroatoms. The van der Waals surface area contributed by atoms with Crippen molar-refractivity contribution in [2.75, 3.05) is 126 Å². The first-order chi connectivity index (χ1) is 20.5. The van der Waals surface area contributed by atoms with Crippen molar-refractivity contribution >= 4 is 5.97 Å². The molecule has 0 bridgehead atoms. The standard InChI is InChI=1S/C30H52O12/c1-30(2,3)42-29(31)27-40-24-23-38-20-19-36-16-15-34-12-11-32-9-10-33-13-14-35-17-18-37-21-22-39-25-26-41-28-7-5-4-6-8-28/h4-8H,9-27H2,1-3H3. The Bertz CT molecular complexity index is 714. The fourth-order valence-electron chi connectivity index (χ4n) is 3.02. The second kappa shape index (κ2) is 27.9. The summed E-state index contributed by atoms with van der Waals surface area (Å²) in [7, 11) is 0. The Morgan fingerprint density at radius 2 is 0.786 bits per heavy atom. The van der Waals surface area contributed by atoms with E-state index in [1.807, 2.05) is 51.1 Å². The van der Waals surface area contributed by atoms with Crippen LogP contribution < -0.4 is 4.74 Å². The molecule has 1 aromatic rings. The van der Waals surface area contributed by atoms with Crippen LogP contribution in [0.1, 0.15) is 20.8 Å². The lowest BCUT2D eigenvalue weighted by atomic mass is 10.2. The molecular formula is C30H52O12. The SMILES string of the molecule is CC(C)(C)OC(=O)COCCOCCOCCOCCOCCOCCOCCOCCOCCOc1ccccc1. The summed E-state index contributed by atoms with van der Waals surface area (Å²) in [5, 5.41) is 0. The van der Waals surface area contributed by atoms with E-state index in [4.69, 9.17) is 52.1 Å². The molecule has 0 aliphatic heterocycles. The highest BCUT2D eigenvalue weighted by Gasteiger charge is 2.15. The van der Waals surface area contributed by atoms with Crippen LogP contribution in [0.15, 0.2) is 30.3 Å². The molecule has 0 aliphatic carbocycles. The fourth-order valence-corrected chi connectivity index (χ4v) is 3.02. The molecule has 0 atom stereocenters. The quantitative estimate of drug-likeness (QED) is 0.0949. The first kappa shape index (κ1) is 38.2. The number of para-hydroxylation sites is 1. The van der Waals surface area contributed by atoms with Crippen molar-refractivity contribution in [2.45, 2.75) is 26.4 Å². The molecule has 0 N–H and O–H groups in total. The molecule has 0 radical (unpaired) electrons. The molecule has 0 saturated carbocycles. The van der Waals surface area contributed by atoms with Gasteiger partial charge in [0.2, 0.25) is 0 Å². The zero-order valence-corrected chi connectivity index (χ0v) is 25.7. The first-order valence-corrected chi connectivity index (χ1v) is 14.6. The number of ether oxygens (including phenoxy) is 11. The van der Waals surface area contributed by atoms with Crippen LogP contribution in [0, 0.1) is 0 Å². The molecule has 0 amide bonds. The predicted molar refractivity (Wildman–Crippen MR) is 155 cm³/mol. The summed E-state index contributed by atoms with van der Waals surface area (Å²) >= 11 is 0. The molecule has 1 rings (SSSR count). The molecule has 0 spiro atoms. The lowest BCUT2D eigenvalue weighted by Gasteiger charge is -2.19. The maximum atomic E-state index is 11.5. The third-order valence-corrected chi connectivity index (χ3v) is 4.86. The van der Waals surface area contributed by atoms with Crippen molar-refractivity contribution in [1.29, 1.82) is 0 Å². The van der Waals surface area contributed by atoms with Crippen molar-refractivity contribution in [1.82, 2.24) is 0 Å². The Kier molecular flexibility index (Phi) is 25.4. The topological polar surface area (TPSA) is 119 Å². The summed E-state index contributed by atoms with van der Waals surface area (Å²) in [5.41, 5.74) is -0.508. The number of carbonyl (C=O) groups excluding carboxylic acids is 1. The van der Waals surface area contributed by atoms with Gasteiger partial charge in [-0.05, 0) is 32.9 Å². The molecule has 42 heavy (non-hydrogen) atoms. The Labute approximate surface area is 251 Å². The monoisotopic (exact) mass is 604 g/mol. The van der Waals surface area contributed by atoms with Gasteiger partial charge in [0.05, 0.1) is 112 Å². The maximum Gasteiger partial charge on any atom is 0.332 e. The molecule has 0 unspecified atom stereocenters. The van der Waals surface area contributed by atoms with E-state index >= 15 is 0 Å². The van der Waals surface area contributed by atoms with E-state index in [0.717, 1.165) is 5.75 Å². The second-order valence-corrected chi connectivity index (χ2v) is 9.70. The van der Waals surface area contributed by atoms with E-state index in [9.17, 15) is 4.79 Å². The van der Waals surface area contributed by atoms with E-state index in [-0.39, 0.29) is 12.6 Å². The molecular weight excluding hydrogens is 552 g/mol. The Morgan fingerprint density at radius 3 is 1.12 bits per heavy atom. The first-order valence-electron chi connectivity index (χ1n) is 14.6. The van der Waals surface area contributed by atoms with Crippen molar-refractivity contribution < 1.29 is 56.9 Å². The van der Waals surface area contributed by atoms with Gasteiger partial charge in [-0.2, -0.15) is 0 Å². The Balaban J connectivity index is 1.65.